The number of nitrogens with zero attached hydrogens (tertiary/aromatic N) is 1. The van der Waals surface area contributed by atoms with Crippen LogP contribution in [0.4, 0.5) is 0 Å². The fraction of sp³-hybridized carbons (Fsp3) is 0.300. The smallest absolute Gasteiger partial charge is 0.335 e. The molecule has 136 valence electrons. The first-order valence-corrected chi connectivity index (χ1v) is 8.35. The van der Waals surface area contributed by atoms with E-state index in [9.17, 15) is 9.59 Å². The van der Waals surface area contributed by atoms with Gasteiger partial charge in [0.2, 0.25) is 5.91 Å². The SMILES string of the molecule is COc1cc2c(cc1OC)CN(C(=O)Cc1cccc(C(=O)O)c1)CC2. The number of carboxylic acids is 1. The number of carbonyl (C=O) groups is 2. The van der Waals surface area contributed by atoms with Gasteiger partial charge in [-0.05, 0) is 47.4 Å². The van der Waals surface area contributed by atoms with Crippen LogP contribution in [0.1, 0.15) is 27.0 Å². The molecule has 0 saturated carbocycles. The van der Waals surface area contributed by atoms with Crippen LogP contribution in [0.25, 0.3) is 0 Å². The molecule has 1 heterocycles. The van der Waals surface area contributed by atoms with Crippen molar-refractivity contribution < 1.29 is 24.2 Å². The average Bonchev–Trinajstić information content (AvgIpc) is 2.66. The largest absolute Gasteiger partial charge is 0.493 e. The average molecular weight is 355 g/mol. The van der Waals surface area contributed by atoms with Gasteiger partial charge in [0.05, 0.1) is 26.2 Å². The van der Waals surface area contributed by atoms with E-state index in [1.165, 1.54) is 6.07 Å². The Morgan fingerprint density at radius 3 is 2.42 bits per heavy atom. The summed E-state index contributed by atoms with van der Waals surface area (Å²) in [7, 11) is 3.19. The van der Waals surface area contributed by atoms with Crippen LogP contribution in [0.3, 0.4) is 0 Å². The topological polar surface area (TPSA) is 76.1 Å². The monoisotopic (exact) mass is 355 g/mol. The highest BCUT2D eigenvalue weighted by Crippen LogP contribution is 2.33. The second-order valence-electron chi connectivity index (χ2n) is 6.22. The zero-order valence-electron chi connectivity index (χ0n) is 14.8. The van der Waals surface area contributed by atoms with Crippen LogP contribution < -0.4 is 9.47 Å². The lowest BCUT2D eigenvalue weighted by atomic mass is 9.98. The number of fused-ring (bicyclic) bond motifs is 1. The molecule has 0 radical (unpaired) electrons. The molecule has 3 rings (SSSR count). The van der Waals surface area contributed by atoms with Gasteiger partial charge in [-0.3, -0.25) is 4.79 Å². The molecule has 26 heavy (non-hydrogen) atoms. The molecular weight excluding hydrogens is 334 g/mol. The first kappa shape index (κ1) is 17.8. The predicted molar refractivity (Wildman–Crippen MR) is 95.8 cm³/mol. The second-order valence-corrected chi connectivity index (χ2v) is 6.22. The minimum Gasteiger partial charge on any atom is -0.493 e. The van der Waals surface area contributed by atoms with Crippen LogP contribution in [0.2, 0.25) is 0 Å². The van der Waals surface area contributed by atoms with E-state index in [4.69, 9.17) is 14.6 Å². The van der Waals surface area contributed by atoms with Gasteiger partial charge in [0.25, 0.3) is 0 Å². The highest BCUT2D eigenvalue weighted by atomic mass is 16.5. The summed E-state index contributed by atoms with van der Waals surface area (Å²) in [5.74, 6) is 0.325. The Hall–Kier alpha value is -3.02. The van der Waals surface area contributed by atoms with Gasteiger partial charge in [-0.1, -0.05) is 12.1 Å². The molecule has 1 amide bonds. The molecular formula is C20H21NO5. The molecule has 0 aromatic heterocycles. The van der Waals surface area contributed by atoms with Gasteiger partial charge in [0.1, 0.15) is 0 Å². The Morgan fingerprint density at radius 2 is 1.77 bits per heavy atom. The van der Waals surface area contributed by atoms with Crippen molar-refractivity contribution in [1.29, 1.82) is 0 Å². The Morgan fingerprint density at radius 1 is 1.08 bits per heavy atom. The van der Waals surface area contributed by atoms with Crippen LogP contribution in [0.5, 0.6) is 11.5 Å². The van der Waals surface area contributed by atoms with Crippen LogP contribution in [0.15, 0.2) is 36.4 Å². The fourth-order valence-electron chi connectivity index (χ4n) is 3.20. The standard InChI is InChI=1S/C20H21NO5/c1-25-17-10-14-6-7-21(12-16(14)11-18(17)26-2)19(22)9-13-4-3-5-15(8-13)20(23)24/h3-5,8,10-11H,6-7,9,12H2,1-2H3,(H,23,24). The van der Waals surface area contributed by atoms with E-state index >= 15 is 0 Å². The minimum atomic E-state index is -0.993. The summed E-state index contributed by atoms with van der Waals surface area (Å²) in [4.78, 5) is 25.5. The minimum absolute atomic E-state index is 0.0204. The molecule has 0 bridgehead atoms. The number of aromatic carboxylic acids is 1. The molecule has 0 aliphatic carbocycles. The summed E-state index contributed by atoms with van der Waals surface area (Å²) in [6.45, 7) is 1.13. The summed E-state index contributed by atoms with van der Waals surface area (Å²) in [6, 6.07) is 10.4. The zero-order valence-corrected chi connectivity index (χ0v) is 14.8. The molecule has 6 nitrogen and oxygen atoms in total. The van der Waals surface area contributed by atoms with Crippen molar-refractivity contribution in [2.45, 2.75) is 19.4 Å². The molecule has 0 unspecified atom stereocenters. The van der Waals surface area contributed by atoms with Crippen molar-refractivity contribution in [2.24, 2.45) is 0 Å². The number of ether oxygens (including phenoxy) is 2. The molecule has 2 aromatic rings. The Labute approximate surface area is 152 Å². The summed E-state index contributed by atoms with van der Waals surface area (Å²) >= 11 is 0. The predicted octanol–water partition coefficient (Wildman–Crippen LogP) is 2.53. The summed E-state index contributed by atoms with van der Waals surface area (Å²) in [5, 5.41) is 9.08. The first-order valence-electron chi connectivity index (χ1n) is 8.35. The maximum absolute atomic E-state index is 12.7. The van der Waals surface area contributed by atoms with Crippen molar-refractivity contribution in [3.8, 4) is 11.5 Å². The number of rotatable bonds is 5. The van der Waals surface area contributed by atoms with Gasteiger partial charge in [-0.15, -0.1) is 0 Å². The van der Waals surface area contributed by atoms with E-state index in [2.05, 4.69) is 0 Å². The molecule has 0 atom stereocenters. The van der Waals surface area contributed by atoms with E-state index < -0.39 is 5.97 Å². The lowest BCUT2D eigenvalue weighted by molar-refractivity contribution is -0.131. The van der Waals surface area contributed by atoms with Gasteiger partial charge in [0, 0.05) is 13.1 Å². The number of benzene rings is 2. The maximum Gasteiger partial charge on any atom is 0.335 e. The van der Waals surface area contributed by atoms with Crippen LogP contribution in [-0.4, -0.2) is 42.6 Å². The Kier molecular flexibility index (Phi) is 5.11. The van der Waals surface area contributed by atoms with Crippen molar-refractivity contribution in [3.63, 3.8) is 0 Å². The van der Waals surface area contributed by atoms with Crippen LogP contribution in [-0.2, 0) is 24.2 Å². The number of amides is 1. The number of carboxylic acid groups (broad SMARTS) is 1. The van der Waals surface area contributed by atoms with E-state index in [1.807, 2.05) is 12.1 Å². The third-order valence-electron chi connectivity index (χ3n) is 4.60. The van der Waals surface area contributed by atoms with Crippen LogP contribution in [0, 0.1) is 0 Å². The molecule has 1 aliphatic heterocycles. The molecule has 0 fully saturated rings. The maximum atomic E-state index is 12.7. The van der Waals surface area contributed by atoms with Gasteiger partial charge < -0.3 is 19.5 Å². The second kappa shape index (κ2) is 7.47. The van der Waals surface area contributed by atoms with Crippen molar-refractivity contribution in [1.82, 2.24) is 4.90 Å². The Balaban J connectivity index is 1.75. The molecule has 6 heteroatoms. The summed E-state index contributed by atoms with van der Waals surface area (Å²) in [6.07, 6.45) is 0.931. The number of carbonyl (C=O) groups excluding carboxylic acids is 1. The normalized spacial score (nSPS) is 13.1. The molecule has 1 N–H and O–H groups in total. The van der Waals surface area contributed by atoms with Gasteiger partial charge in [-0.25, -0.2) is 4.79 Å². The third kappa shape index (κ3) is 3.64. The fourth-order valence-corrected chi connectivity index (χ4v) is 3.20. The zero-order chi connectivity index (χ0) is 18.7. The van der Waals surface area contributed by atoms with E-state index in [1.54, 1.807) is 37.3 Å². The summed E-state index contributed by atoms with van der Waals surface area (Å²) in [5.41, 5.74) is 3.09. The van der Waals surface area contributed by atoms with Crippen molar-refractivity contribution in [3.05, 3.63) is 58.7 Å². The van der Waals surface area contributed by atoms with Crippen molar-refractivity contribution in [2.75, 3.05) is 20.8 Å². The highest BCUT2D eigenvalue weighted by molar-refractivity contribution is 5.88. The van der Waals surface area contributed by atoms with E-state index in [-0.39, 0.29) is 17.9 Å². The number of methoxy groups -OCH3 is 2. The van der Waals surface area contributed by atoms with Crippen molar-refractivity contribution >= 4 is 11.9 Å². The molecule has 0 saturated heterocycles. The van der Waals surface area contributed by atoms with E-state index in [0.717, 1.165) is 17.5 Å². The lowest BCUT2D eigenvalue weighted by Gasteiger charge is -2.29. The van der Waals surface area contributed by atoms with E-state index in [0.29, 0.717) is 30.2 Å². The third-order valence-corrected chi connectivity index (χ3v) is 4.60. The quantitative estimate of drug-likeness (QED) is 0.892. The molecule has 0 spiro atoms. The van der Waals surface area contributed by atoms with Gasteiger partial charge in [0.15, 0.2) is 11.5 Å². The molecule has 1 aliphatic rings. The highest BCUT2D eigenvalue weighted by Gasteiger charge is 2.23. The number of hydrogen-bond donors (Lipinski definition) is 1. The first-order chi connectivity index (χ1) is 12.5. The van der Waals surface area contributed by atoms with Gasteiger partial charge in [-0.2, -0.15) is 0 Å². The lowest BCUT2D eigenvalue weighted by Crippen LogP contribution is -2.37. The van der Waals surface area contributed by atoms with Crippen LogP contribution >= 0.6 is 0 Å². The Bertz CT molecular complexity index is 846. The number of hydrogen-bond acceptors (Lipinski definition) is 4. The molecule has 2 aromatic carbocycles. The van der Waals surface area contributed by atoms with Gasteiger partial charge >= 0.3 is 5.97 Å². The summed E-state index contributed by atoms with van der Waals surface area (Å²) < 4.78 is 10.7.